The third-order valence-electron chi connectivity index (χ3n) is 4.95. The second-order valence-corrected chi connectivity index (χ2v) is 6.87. The van der Waals surface area contributed by atoms with Gasteiger partial charge < -0.3 is 5.73 Å². The number of aryl methyl sites for hydroxylation is 1. The summed E-state index contributed by atoms with van der Waals surface area (Å²) in [7, 11) is 0. The Hall–Kier alpha value is -1.65. The van der Waals surface area contributed by atoms with Gasteiger partial charge in [-0.15, -0.1) is 0 Å². The second-order valence-electron chi connectivity index (χ2n) is 6.87. The molecule has 0 bridgehead atoms. The molecule has 22 heavy (non-hydrogen) atoms. The Labute approximate surface area is 132 Å². The highest BCUT2D eigenvalue weighted by Crippen LogP contribution is 2.30. The van der Waals surface area contributed by atoms with Gasteiger partial charge in [0.2, 0.25) is 0 Å². The number of likely N-dealkylation sites (tertiary alicyclic amines) is 1. The Bertz CT molecular complexity index is 647. The van der Waals surface area contributed by atoms with E-state index in [-0.39, 0.29) is 5.41 Å². The Morgan fingerprint density at radius 2 is 1.95 bits per heavy atom. The molecule has 1 aliphatic heterocycles. The van der Waals surface area contributed by atoms with Gasteiger partial charge in [-0.3, -0.25) is 4.90 Å². The van der Waals surface area contributed by atoms with Crippen molar-refractivity contribution in [2.24, 2.45) is 11.1 Å². The van der Waals surface area contributed by atoms with Gasteiger partial charge in [-0.2, -0.15) is 5.10 Å². The van der Waals surface area contributed by atoms with Gasteiger partial charge in [0, 0.05) is 24.3 Å². The lowest BCUT2D eigenvalue weighted by molar-refractivity contribution is 0.273. The number of benzene rings is 1. The molecule has 2 N–H and O–H groups in total. The first-order valence-electron chi connectivity index (χ1n) is 8.05. The van der Waals surface area contributed by atoms with Crippen molar-refractivity contribution in [1.82, 2.24) is 14.7 Å². The molecule has 1 aliphatic rings. The molecule has 1 atom stereocenters. The maximum atomic E-state index is 5.92. The fourth-order valence-corrected chi connectivity index (χ4v) is 3.38. The van der Waals surface area contributed by atoms with Crippen molar-refractivity contribution in [1.29, 1.82) is 0 Å². The van der Waals surface area contributed by atoms with Crippen LogP contribution in [0.5, 0.6) is 0 Å². The van der Waals surface area contributed by atoms with Crippen molar-refractivity contribution in [3.05, 3.63) is 47.3 Å². The zero-order valence-electron chi connectivity index (χ0n) is 13.8. The van der Waals surface area contributed by atoms with Crippen molar-refractivity contribution < 1.29 is 0 Å². The Balaban J connectivity index is 1.83. The lowest BCUT2D eigenvalue weighted by atomic mass is 9.90. The van der Waals surface area contributed by atoms with Gasteiger partial charge in [0.05, 0.1) is 11.4 Å². The molecule has 4 heteroatoms. The summed E-state index contributed by atoms with van der Waals surface area (Å²) < 4.78 is 2.06. The van der Waals surface area contributed by atoms with Gasteiger partial charge in [-0.1, -0.05) is 25.1 Å². The zero-order valence-corrected chi connectivity index (χ0v) is 13.8. The topological polar surface area (TPSA) is 47.1 Å². The van der Waals surface area contributed by atoms with E-state index in [0.29, 0.717) is 0 Å². The molecule has 3 rings (SSSR count). The van der Waals surface area contributed by atoms with Crippen LogP contribution in [-0.4, -0.2) is 34.3 Å². The largest absolute Gasteiger partial charge is 0.330 e. The van der Waals surface area contributed by atoms with Crippen LogP contribution in [-0.2, 0) is 6.54 Å². The maximum Gasteiger partial charge on any atom is 0.0648 e. The molecule has 1 aromatic heterocycles. The molecule has 2 aromatic rings. The highest BCUT2D eigenvalue weighted by molar-refractivity contribution is 5.36. The Morgan fingerprint density at radius 1 is 1.23 bits per heavy atom. The van der Waals surface area contributed by atoms with Crippen molar-refractivity contribution in [2.45, 2.75) is 33.7 Å². The van der Waals surface area contributed by atoms with Crippen molar-refractivity contribution in [3.8, 4) is 5.69 Å². The Morgan fingerprint density at radius 3 is 2.59 bits per heavy atom. The zero-order chi connectivity index (χ0) is 15.7. The molecule has 118 valence electrons. The molecular weight excluding hydrogens is 272 g/mol. The van der Waals surface area contributed by atoms with Crippen LogP contribution in [0.1, 0.15) is 30.3 Å². The molecule has 0 radical (unpaired) electrons. The maximum absolute atomic E-state index is 5.92. The lowest BCUT2D eigenvalue weighted by Gasteiger charge is -2.22. The van der Waals surface area contributed by atoms with Crippen LogP contribution in [0.3, 0.4) is 0 Å². The molecule has 4 nitrogen and oxygen atoms in total. The number of nitrogens with zero attached hydrogens (tertiary/aromatic N) is 3. The minimum absolute atomic E-state index is 0.275. The van der Waals surface area contributed by atoms with Crippen LogP contribution < -0.4 is 5.73 Å². The second kappa shape index (κ2) is 5.86. The predicted octanol–water partition coefficient (Wildman–Crippen LogP) is 2.66. The quantitative estimate of drug-likeness (QED) is 0.944. The van der Waals surface area contributed by atoms with E-state index in [1.807, 2.05) is 6.07 Å². The average Bonchev–Trinajstić information content (AvgIpc) is 3.04. The monoisotopic (exact) mass is 298 g/mol. The molecule has 0 saturated carbocycles. The van der Waals surface area contributed by atoms with E-state index >= 15 is 0 Å². The highest BCUT2D eigenvalue weighted by atomic mass is 15.3. The van der Waals surface area contributed by atoms with Crippen LogP contribution in [0.4, 0.5) is 0 Å². The summed E-state index contributed by atoms with van der Waals surface area (Å²) >= 11 is 0. The fraction of sp³-hybridized carbons (Fsp3) is 0.500. The first kappa shape index (κ1) is 15.3. The Kier molecular flexibility index (Phi) is 4.06. The van der Waals surface area contributed by atoms with Crippen LogP contribution in [0.2, 0.25) is 0 Å². The smallest absolute Gasteiger partial charge is 0.0648 e. The van der Waals surface area contributed by atoms with Crippen molar-refractivity contribution in [2.75, 3.05) is 19.6 Å². The minimum atomic E-state index is 0.275. The van der Waals surface area contributed by atoms with Gasteiger partial charge in [-0.05, 0) is 50.9 Å². The predicted molar refractivity (Wildman–Crippen MR) is 90.1 cm³/mol. The van der Waals surface area contributed by atoms with E-state index < -0.39 is 0 Å². The fourth-order valence-electron chi connectivity index (χ4n) is 3.38. The molecular formula is C18H26N4. The number of para-hydroxylation sites is 1. The van der Waals surface area contributed by atoms with Crippen LogP contribution in [0.25, 0.3) is 5.69 Å². The lowest BCUT2D eigenvalue weighted by Crippen LogP contribution is -2.31. The van der Waals surface area contributed by atoms with E-state index in [1.54, 1.807) is 0 Å². The first-order chi connectivity index (χ1) is 10.5. The standard InChI is InChI=1S/C18H26N4/c1-14-17(11-21-10-9-18(3,12-19)13-21)15(2)22(20-14)16-7-5-4-6-8-16/h4-8H,9-13,19H2,1-3H3. The average molecular weight is 298 g/mol. The summed E-state index contributed by atoms with van der Waals surface area (Å²) in [6.45, 7) is 10.5. The number of nitrogens with two attached hydrogens (primary N) is 1. The van der Waals surface area contributed by atoms with E-state index in [4.69, 9.17) is 10.8 Å². The molecule has 0 aliphatic carbocycles. The van der Waals surface area contributed by atoms with E-state index in [0.717, 1.165) is 37.6 Å². The van der Waals surface area contributed by atoms with Gasteiger partial charge in [-0.25, -0.2) is 4.68 Å². The van der Waals surface area contributed by atoms with Crippen LogP contribution in [0.15, 0.2) is 30.3 Å². The summed E-state index contributed by atoms with van der Waals surface area (Å²) in [5.74, 6) is 0. The molecule has 1 fully saturated rings. The number of hydrogen-bond donors (Lipinski definition) is 1. The van der Waals surface area contributed by atoms with Gasteiger partial charge >= 0.3 is 0 Å². The molecule has 1 unspecified atom stereocenters. The molecule has 1 saturated heterocycles. The normalized spacial score (nSPS) is 22.4. The summed E-state index contributed by atoms with van der Waals surface area (Å²) in [5, 5.41) is 4.74. The molecule has 0 spiro atoms. The number of rotatable bonds is 4. The number of hydrogen-bond acceptors (Lipinski definition) is 3. The summed E-state index contributed by atoms with van der Waals surface area (Å²) in [6.07, 6.45) is 1.19. The molecule has 2 heterocycles. The third-order valence-corrected chi connectivity index (χ3v) is 4.95. The molecule has 1 aromatic carbocycles. The van der Waals surface area contributed by atoms with Crippen molar-refractivity contribution >= 4 is 0 Å². The third kappa shape index (κ3) is 2.81. The van der Waals surface area contributed by atoms with E-state index in [2.05, 4.69) is 54.6 Å². The first-order valence-corrected chi connectivity index (χ1v) is 8.05. The van der Waals surface area contributed by atoms with Crippen LogP contribution >= 0.6 is 0 Å². The highest BCUT2D eigenvalue weighted by Gasteiger charge is 2.33. The summed E-state index contributed by atoms with van der Waals surface area (Å²) in [6, 6.07) is 10.3. The minimum Gasteiger partial charge on any atom is -0.330 e. The van der Waals surface area contributed by atoms with Gasteiger partial charge in [0.25, 0.3) is 0 Å². The summed E-state index contributed by atoms with van der Waals surface area (Å²) in [5.41, 5.74) is 11.0. The van der Waals surface area contributed by atoms with E-state index in [9.17, 15) is 0 Å². The van der Waals surface area contributed by atoms with Crippen LogP contribution in [0, 0.1) is 19.3 Å². The molecule has 0 amide bonds. The van der Waals surface area contributed by atoms with Gasteiger partial charge in [0.1, 0.15) is 0 Å². The van der Waals surface area contributed by atoms with Gasteiger partial charge in [0.15, 0.2) is 0 Å². The van der Waals surface area contributed by atoms with Crippen molar-refractivity contribution in [3.63, 3.8) is 0 Å². The SMILES string of the molecule is Cc1nn(-c2ccccc2)c(C)c1CN1CCC(C)(CN)C1. The number of aromatic nitrogens is 2. The summed E-state index contributed by atoms with van der Waals surface area (Å²) in [4.78, 5) is 2.51. The van der Waals surface area contributed by atoms with E-state index in [1.165, 1.54) is 17.7 Å².